The van der Waals surface area contributed by atoms with E-state index in [1.165, 1.54) is 49.5 Å². The Kier molecular flexibility index (Phi) is 6.20. The molecule has 0 radical (unpaired) electrons. The van der Waals surface area contributed by atoms with Gasteiger partial charge in [-0.2, -0.15) is 0 Å². The summed E-state index contributed by atoms with van der Waals surface area (Å²) in [6.07, 6.45) is 0. The summed E-state index contributed by atoms with van der Waals surface area (Å²) in [4.78, 5) is 11.6. The standard InChI is InChI=1S/C43H31N3/c1-4-16-28(17-5-1)41-37(31-22-10-13-25-34(31)44-41)40(38-32-23-11-14-26-35(32)45-42(38)29-18-6-2-7-19-29)39-33-24-12-15-27-36(33)46-43(39)30-20-8-3-9-21-30/h1-27,40,44-46H. The Morgan fingerprint density at radius 3 is 0.848 bits per heavy atom. The van der Waals surface area contributed by atoms with Crippen LogP contribution < -0.4 is 0 Å². The van der Waals surface area contributed by atoms with Gasteiger partial charge in [0.2, 0.25) is 0 Å². The molecule has 9 aromatic rings. The van der Waals surface area contributed by atoms with Crippen LogP contribution in [0.2, 0.25) is 0 Å². The highest BCUT2D eigenvalue weighted by atomic mass is 14.8. The van der Waals surface area contributed by atoms with E-state index in [1.54, 1.807) is 0 Å². The number of para-hydroxylation sites is 3. The highest BCUT2D eigenvalue weighted by Crippen LogP contribution is 2.51. The van der Waals surface area contributed by atoms with E-state index < -0.39 is 0 Å². The normalized spacial score (nSPS) is 11.7. The maximum Gasteiger partial charge on any atom is 0.0507 e. The molecule has 46 heavy (non-hydrogen) atoms. The second-order valence-corrected chi connectivity index (χ2v) is 11.9. The number of hydrogen-bond donors (Lipinski definition) is 3. The van der Waals surface area contributed by atoms with Gasteiger partial charge >= 0.3 is 0 Å². The van der Waals surface area contributed by atoms with E-state index >= 15 is 0 Å². The molecule has 3 aromatic heterocycles. The number of aromatic amines is 3. The van der Waals surface area contributed by atoms with Crippen molar-refractivity contribution < 1.29 is 0 Å². The van der Waals surface area contributed by atoms with Gasteiger partial charge in [0, 0.05) is 38.6 Å². The van der Waals surface area contributed by atoms with Crippen molar-refractivity contribution in [2.24, 2.45) is 0 Å². The van der Waals surface area contributed by atoms with Crippen LogP contribution in [-0.4, -0.2) is 15.0 Å². The lowest BCUT2D eigenvalue weighted by atomic mass is 9.78. The quantitative estimate of drug-likeness (QED) is 0.173. The number of hydrogen-bond acceptors (Lipinski definition) is 0. The number of rotatable bonds is 6. The Morgan fingerprint density at radius 1 is 0.283 bits per heavy atom. The molecular formula is C43H31N3. The summed E-state index contributed by atoms with van der Waals surface area (Å²) in [5.41, 5.74) is 14.1. The van der Waals surface area contributed by atoms with Crippen molar-refractivity contribution in [2.75, 3.05) is 0 Å². The van der Waals surface area contributed by atoms with Crippen LogP contribution in [0, 0.1) is 0 Å². The van der Waals surface area contributed by atoms with Crippen LogP contribution in [0.5, 0.6) is 0 Å². The molecule has 0 atom stereocenters. The smallest absolute Gasteiger partial charge is 0.0507 e. The number of fused-ring (bicyclic) bond motifs is 3. The molecular weight excluding hydrogens is 558 g/mol. The van der Waals surface area contributed by atoms with Gasteiger partial charge in [-0.1, -0.05) is 146 Å². The molecule has 3 N–H and O–H groups in total. The van der Waals surface area contributed by atoms with Crippen molar-refractivity contribution in [3.63, 3.8) is 0 Å². The van der Waals surface area contributed by atoms with Crippen LogP contribution >= 0.6 is 0 Å². The minimum absolute atomic E-state index is 0.135. The third-order valence-electron chi connectivity index (χ3n) is 9.29. The Bertz CT molecular complexity index is 2180. The molecule has 6 aromatic carbocycles. The summed E-state index contributed by atoms with van der Waals surface area (Å²) in [6, 6.07) is 58.6. The lowest BCUT2D eigenvalue weighted by molar-refractivity contribution is 1.02. The Hall–Kier alpha value is -6.06. The zero-order valence-electron chi connectivity index (χ0n) is 25.2. The summed E-state index contributed by atoms with van der Waals surface area (Å²) in [5.74, 6) is -0.135. The van der Waals surface area contributed by atoms with Crippen LogP contribution in [-0.2, 0) is 0 Å². The number of nitrogens with one attached hydrogen (secondary N) is 3. The Morgan fingerprint density at radius 2 is 0.543 bits per heavy atom. The molecule has 3 nitrogen and oxygen atoms in total. The summed E-state index contributed by atoms with van der Waals surface area (Å²) < 4.78 is 0. The van der Waals surface area contributed by atoms with Gasteiger partial charge < -0.3 is 15.0 Å². The van der Waals surface area contributed by atoms with Crippen LogP contribution in [0.1, 0.15) is 22.6 Å². The molecule has 3 heterocycles. The van der Waals surface area contributed by atoms with E-state index in [1.807, 2.05) is 0 Å². The first-order valence-electron chi connectivity index (χ1n) is 15.8. The molecule has 0 fully saturated rings. The third-order valence-corrected chi connectivity index (χ3v) is 9.29. The second kappa shape index (κ2) is 10.8. The number of benzene rings is 6. The molecule has 0 amide bonds. The maximum atomic E-state index is 3.88. The van der Waals surface area contributed by atoms with E-state index in [4.69, 9.17) is 0 Å². The monoisotopic (exact) mass is 589 g/mol. The molecule has 9 rings (SSSR count). The van der Waals surface area contributed by atoms with Gasteiger partial charge in [-0.05, 0) is 51.6 Å². The lowest BCUT2D eigenvalue weighted by Crippen LogP contribution is -2.07. The fourth-order valence-corrected chi connectivity index (χ4v) is 7.32. The fourth-order valence-electron chi connectivity index (χ4n) is 7.32. The molecule has 0 aliphatic rings. The van der Waals surface area contributed by atoms with E-state index in [-0.39, 0.29) is 5.92 Å². The number of aromatic nitrogens is 3. The summed E-state index contributed by atoms with van der Waals surface area (Å²) in [5, 5.41) is 3.67. The molecule has 0 unspecified atom stereocenters. The Labute approximate surface area is 267 Å². The summed E-state index contributed by atoms with van der Waals surface area (Å²) >= 11 is 0. The molecule has 0 aliphatic carbocycles. The predicted molar refractivity (Wildman–Crippen MR) is 192 cm³/mol. The van der Waals surface area contributed by atoms with Gasteiger partial charge in [0.25, 0.3) is 0 Å². The third kappa shape index (κ3) is 4.21. The van der Waals surface area contributed by atoms with Crippen molar-refractivity contribution in [3.8, 4) is 33.8 Å². The topological polar surface area (TPSA) is 47.4 Å². The van der Waals surface area contributed by atoms with Crippen molar-refractivity contribution in [2.45, 2.75) is 5.92 Å². The summed E-state index contributed by atoms with van der Waals surface area (Å²) in [7, 11) is 0. The van der Waals surface area contributed by atoms with Gasteiger partial charge in [0.15, 0.2) is 0 Å². The molecule has 0 spiro atoms. The van der Waals surface area contributed by atoms with Crippen molar-refractivity contribution in [1.29, 1.82) is 0 Å². The predicted octanol–water partition coefficient (Wildman–Crippen LogP) is 11.3. The first-order chi connectivity index (χ1) is 22.8. The minimum atomic E-state index is -0.135. The van der Waals surface area contributed by atoms with Gasteiger partial charge in [-0.3, -0.25) is 0 Å². The first kappa shape index (κ1) is 26.4. The highest BCUT2D eigenvalue weighted by molar-refractivity contribution is 6.01. The van der Waals surface area contributed by atoms with E-state index in [2.05, 4.69) is 179 Å². The van der Waals surface area contributed by atoms with E-state index in [9.17, 15) is 0 Å². The van der Waals surface area contributed by atoms with Gasteiger partial charge in [-0.15, -0.1) is 0 Å². The summed E-state index contributed by atoms with van der Waals surface area (Å²) in [6.45, 7) is 0. The SMILES string of the molecule is c1ccc(-c2[nH]c3ccccc3c2C(c2c(-c3ccccc3)[nH]c3ccccc23)c2c(-c3ccccc3)[nH]c3ccccc23)cc1. The lowest BCUT2D eigenvalue weighted by Gasteiger charge is -2.23. The molecule has 0 saturated carbocycles. The average Bonchev–Trinajstić information content (AvgIpc) is 3.83. The van der Waals surface area contributed by atoms with Gasteiger partial charge in [-0.25, -0.2) is 0 Å². The van der Waals surface area contributed by atoms with Crippen LogP contribution in [0.4, 0.5) is 0 Å². The fraction of sp³-hybridized carbons (Fsp3) is 0.0233. The molecule has 0 bridgehead atoms. The Balaban J connectivity index is 1.49. The van der Waals surface area contributed by atoms with Crippen LogP contribution in [0.25, 0.3) is 66.5 Å². The molecule has 0 aliphatic heterocycles. The van der Waals surface area contributed by atoms with Crippen LogP contribution in [0.3, 0.4) is 0 Å². The van der Waals surface area contributed by atoms with Crippen LogP contribution in [0.15, 0.2) is 164 Å². The molecule has 3 heteroatoms. The first-order valence-corrected chi connectivity index (χ1v) is 15.8. The van der Waals surface area contributed by atoms with Crippen molar-refractivity contribution >= 4 is 32.7 Å². The minimum Gasteiger partial charge on any atom is -0.354 e. The van der Waals surface area contributed by atoms with Gasteiger partial charge in [0.05, 0.1) is 17.1 Å². The zero-order valence-corrected chi connectivity index (χ0v) is 25.2. The maximum absolute atomic E-state index is 3.88. The van der Waals surface area contributed by atoms with Crippen molar-refractivity contribution in [3.05, 3.63) is 180 Å². The van der Waals surface area contributed by atoms with Gasteiger partial charge in [0.1, 0.15) is 0 Å². The second-order valence-electron chi connectivity index (χ2n) is 11.9. The average molecular weight is 590 g/mol. The van der Waals surface area contributed by atoms with E-state index in [0.29, 0.717) is 0 Å². The highest BCUT2D eigenvalue weighted by Gasteiger charge is 2.34. The number of H-pyrrole nitrogens is 3. The zero-order chi connectivity index (χ0) is 30.5. The largest absolute Gasteiger partial charge is 0.354 e. The molecule has 218 valence electrons. The van der Waals surface area contributed by atoms with E-state index in [0.717, 1.165) is 33.6 Å². The van der Waals surface area contributed by atoms with Crippen molar-refractivity contribution in [1.82, 2.24) is 15.0 Å². The molecule has 0 saturated heterocycles.